The number of nitrogens with two attached hydrogens (primary N) is 1. The predicted octanol–water partition coefficient (Wildman–Crippen LogP) is 1.59. The fraction of sp³-hybridized carbons (Fsp3) is 0.400. The van der Waals surface area contributed by atoms with Gasteiger partial charge in [-0.2, -0.15) is 4.98 Å². The average Bonchev–Trinajstić information content (AvgIpc) is 3.18. The highest BCUT2D eigenvalue weighted by Gasteiger charge is 2.27. The van der Waals surface area contributed by atoms with Gasteiger partial charge in [-0.1, -0.05) is 23.7 Å². The summed E-state index contributed by atoms with van der Waals surface area (Å²) in [6.45, 7) is 0.627. The van der Waals surface area contributed by atoms with E-state index in [0.29, 0.717) is 23.9 Å². The van der Waals surface area contributed by atoms with Crippen LogP contribution in [0.2, 0.25) is 0 Å². The van der Waals surface area contributed by atoms with E-state index in [4.69, 9.17) is 10.3 Å². The molecular weight excluding hydrogens is 268 g/mol. The van der Waals surface area contributed by atoms with Crippen molar-refractivity contribution in [2.24, 2.45) is 11.7 Å². The topological polar surface area (TPSA) is 94.0 Å². The number of benzene rings is 1. The van der Waals surface area contributed by atoms with Crippen LogP contribution in [0.5, 0.6) is 0 Å². The fourth-order valence-corrected chi connectivity index (χ4v) is 2.83. The van der Waals surface area contributed by atoms with Crippen molar-refractivity contribution in [3.63, 3.8) is 0 Å². The smallest absolute Gasteiger partial charge is 0.251 e. The van der Waals surface area contributed by atoms with E-state index in [1.807, 2.05) is 12.1 Å². The van der Waals surface area contributed by atoms with Crippen LogP contribution >= 0.6 is 0 Å². The monoisotopic (exact) mass is 286 g/mol. The Morgan fingerprint density at radius 3 is 2.81 bits per heavy atom. The van der Waals surface area contributed by atoms with Crippen LogP contribution in [0.15, 0.2) is 35.2 Å². The maximum absolute atomic E-state index is 12.3. The Morgan fingerprint density at radius 1 is 1.33 bits per heavy atom. The standard InChI is InChI=1S/C15H18N4O2/c16-8-12-2-1-3-13(12)18-15(20)11-6-4-10(5-7-11)14-17-9-21-19-14/h4-7,9,12-13H,1-3,8,16H2,(H,18,20). The van der Waals surface area contributed by atoms with E-state index in [9.17, 15) is 4.79 Å². The summed E-state index contributed by atoms with van der Waals surface area (Å²) in [4.78, 5) is 16.2. The molecule has 0 saturated heterocycles. The number of carbonyl (C=O) groups is 1. The van der Waals surface area contributed by atoms with Crippen molar-refractivity contribution in [1.29, 1.82) is 0 Å². The van der Waals surface area contributed by atoms with Crippen molar-refractivity contribution < 1.29 is 9.32 Å². The van der Waals surface area contributed by atoms with Gasteiger partial charge in [0.15, 0.2) is 0 Å². The Hall–Kier alpha value is -2.21. The number of rotatable bonds is 4. The number of nitrogens with zero attached hydrogens (tertiary/aromatic N) is 2. The first-order valence-corrected chi connectivity index (χ1v) is 7.15. The summed E-state index contributed by atoms with van der Waals surface area (Å²) >= 11 is 0. The van der Waals surface area contributed by atoms with E-state index in [-0.39, 0.29) is 11.9 Å². The van der Waals surface area contributed by atoms with E-state index >= 15 is 0 Å². The van der Waals surface area contributed by atoms with Crippen molar-refractivity contribution in [2.75, 3.05) is 6.54 Å². The van der Waals surface area contributed by atoms with Gasteiger partial charge in [0.05, 0.1) is 0 Å². The van der Waals surface area contributed by atoms with Crippen LogP contribution in [-0.4, -0.2) is 28.6 Å². The highest BCUT2D eigenvalue weighted by molar-refractivity contribution is 5.94. The summed E-state index contributed by atoms with van der Waals surface area (Å²) in [5.41, 5.74) is 7.19. The number of nitrogens with one attached hydrogen (secondary N) is 1. The lowest BCUT2D eigenvalue weighted by molar-refractivity contribution is 0.0929. The summed E-state index contributed by atoms with van der Waals surface area (Å²) in [6.07, 6.45) is 4.51. The number of hydrogen-bond donors (Lipinski definition) is 2. The van der Waals surface area contributed by atoms with Gasteiger partial charge in [0.2, 0.25) is 12.2 Å². The van der Waals surface area contributed by atoms with E-state index < -0.39 is 0 Å². The van der Waals surface area contributed by atoms with Gasteiger partial charge in [0.1, 0.15) is 0 Å². The molecule has 2 atom stereocenters. The van der Waals surface area contributed by atoms with Gasteiger partial charge in [-0.3, -0.25) is 4.79 Å². The van der Waals surface area contributed by atoms with Gasteiger partial charge in [-0.15, -0.1) is 0 Å². The Balaban J connectivity index is 1.68. The maximum atomic E-state index is 12.3. The molecular formula is C15H18N4O2. The molecule has 3 N–H and O–H groups in total. The Morgan fingerprint density at radius 2 is 2.14 bits per heavy atom. The average molecular weight is 286 g/mol. The second kappa shape index (κ2) is 6.05. The number of aromatic nitrogens is 2. The minimum atomic E-state index is -0.0555. The zero-order chi connectivity index (χ0) is 14.7. The summed E-state index contributed by atoms with van der Waals surface area (Å²) in [5, 5.41) is 6.85. The normalized spacial score (nSPS) is 21.4. The van der Waals surface area contributed by atoms with E-state index in [1.165, 1.54) is 6.39 Å². The van der Waals surface area contributed by atoms with Crippen LogP contribution in [0, 0.1) is 5.92 Å². The predicted molar refractivity (Wildman–Crippen MR) is 77.4 cm³/mol. The second-order valence-corrected chi connectivity index (χ2v) is 5.34. The molecule has 21 heavy (non-hydrogen) atoms. The van der Waals surface area contributed by atoms with Gasteiger partial charge in [0.25, 0.3) is 5.91 Å². The highest BCUT2D eigenvalue weighted by atomic mass is 16.5. The maximum Gasteiger partial charge on any atom is 0.251 e. The molecule has 1 aromatic heterocycles. The molecule has 3 rings (SSSR count). The van der Waals surface area contributed by atoms with Crippen LogP contribution in [-0.2, 0) is 0 Å². The van der Waals surface area contributed by atoms with E-state index in [0.717, 1.165) is 24.8 Å². The highest BCUT2D eigenvalue weighted by Crippen LogP contribution is 2.25. The minimum Gasteiger partial charge on any atom is -0.349 e. The number of hydrogen-bond acceptors (Lipinski definition) is 5. The van der Waals surface area contributed by atoms with Crippen LogP contribution < -0.4 is 11.1 Å². The Kier molecular flexibility index (Phi) is 3.96. The summed E-state index contributed by atoms with van der Waals surface area (Å²) in [7, 11) is 0. The molecule has 0 spiro atoms. The molecule has 1 fully saturated rings. The lowest BCUT2D eigenvalue weighted by Gasteiger charge is -2.19. The van der Waals surface area contributed by atoms with Gasteiger partial charge in [0, 0.05) is 17.2 Å². The molecule has 1 aliphatic rings. The third-order valence-electron chi connectivity index (χ3n) is 4.04. The molecule has 6 heteroatoms. The first-order valence-electron chi connectivity index (χ1n) is 7.15. The molecule has 1 aromatic carbocycles. The molecule has 1 amide bonds. The van der Waals surface area contributed by atoms with Crippen molar-refractivity contribution in [3.8, 4) is 11.4 Å². The molecule has 1 saturated carbocycles. The summed E-state index contributed by atoms with van der Waals surface area (Å²) < 4.78 is 4.71. The molecule has 0 bridgehead atoms. The van der Waals surface area contributed by atoms with Crippen LogP contribution in [0.4, 0.5) is 0 Å². The SMILES string of the molecule is NCC1CCCC1NC(=O)c1ccc(-c2ncon2)cc1. The van der Waals surface area contributed by atoms with Crippen LogP contribution in [0.1, 0.15) is 29.6 Å². The van der Waals surface area contributed by atoms with E-state index in [1.54, 1.807) is 12.1 Å². The summed E-state index contributed by atoms with van der Waals surface area (Å²) in [5.74, 6) is 0.855. The van der Waals surface area contributed by atoms with Crippen molar-refractivity contribution in [3.05, 3.63) is 36.2 Å². The number of amides is 1. The lowest BCUT2D eigenvalue weighted by atomic mass is 10.0. The molecule has 2 aromatic rings. The molecule has 1 aliphatic carbocycles. The zero-order valence-electron chi connectivity index (χ0n) is 11.7. The van der Waals surface area contributed by atoms with Crippen molar-refractivity contribution >= 4 is 5.91 Å². The molecule has 0 aliphatic heterocycles. The zero-order valence-corrected chi connectivity index (χ0v) is 11.7. The molecule has 1 heterocycles. The van der Waals surface area contributed by atoms with Gasteiger partial charge < -0.3 is 15.6 Å². The second-order valence-electron chi connectivity index (χ2n) is 5.34. The van der Waals surface area contributed by atoms with Crippen molar-refractivity contribution in [2.45, 2.75) is 25.3 Å². The van der Waals surface area contributed by atoms with Crippen LogP contribution in [0.25, 0.3) is 11.4 Å². The first-order chi connectivity index (χ1) is 10.3. The number of carbonyl (C=O) groups excluding carboxylic acids is 1. The quantitative estimate of drug-likeness (QED) is 0.890. The van der Waals surface area contributed by atoms with Gasteiger partial charge in [-0.25, -0.2) is 0 Å². The molecule has 2 unspecified atom stereocenters. The first kappa shape index (κ1) is 13.8. The summed E-state index contributed by atoms with van der Waals surface area (Å²) in [6, 6.07) is 7.37. The molecule has 0 radical (unpaired) electrons. The molecule has 6 nitrogen and oxygen atoms in total. The Labute approximate surface area is 122 Å². The third kappa shape index (κ3) is 2.95. The van der Waals surface area contributed by atoms with Gasteiger partial charge >= 0.3 is 0 Å². The van der Waals surface area contributed by atoms with E-state index in [2.05, 4.69) is 15.5 Å². The van der Waals surface area contributed by atoms with Crippen LogP contribution in [0.3, 0.4) is 0 Å². The van der Waals surface area contributed by atoms with Gasteiger partial charge in [-0.05, 0) is 37.4 Å². The van der Waals surface area contributed by atoms with Crippen molar-refractivity contribution in [1.82, 2.24) is 15.5 Å². The minimum absolute atomic E-state index is 0.0555. The fourth-order valence-electron chi connectivity index (χ4n) is 2.83. The third-order valence-corrected chi connectivity index (χ3v) is 4.04. The lowest BCUT2D eigenvalue weighted by Crippen LogP contribution is -2.39. The largest absolute Gasteiger partial charge is 0.349 e. The molecule has 110 valence electrons. The Bertz CT molecular complexity index is 595.